The van der Waals surface area contributed by atoms with Crippen molar-refractivity contribution in [2.75, 3.05) is 34.7 Å². The Balaban J connectivity index is 1.64. The molecule has 9 nitrogen and oxygen atoms in total. The fourth-order valence-corrected chi connectivity index (χ4v) is 5.66. The van der Waals surface area contributed by atoms with Crippen LogP contribution in [0.5, 0.6) is 28.7 Å². The molecule has 0 aromatic heterocycles. The quantitative estimate of drug-likeness (QED) is 0.354. The van der Waals surface area contributed by atoms with Crippen LogP contribution in [0.1, 0.15) is 61.3 Å². The highest BCUT2D eigenvalue weighted by Gasteiger charge is 2.54. The number of carbonyl (C=O) groups is 2. The van der Waals surface area contributed by atoms with Crippen LogP contribution in [-0.4, -0.2) is 46.7 Å². The smallest absolute Gasteiger partial charge is 0.310 e. The summed E-state index contributed by atoms with van der Waals surface area (Å²) in [4.78, 5) is 26.0. The molecule has 1 saturated heterocycles. The van der Waals surface area contributed by atoms with E-state index in [1.807, 2.05) is 24.3 Å². The van der Waals surface area contributed by atoms with E-state index >= 15 is 0 Å². The fourth-order valence-electron chi connectivity index (χ4n) is 5.66. The lowest BCUT2D eigenvalue weighted by molar-refractivity contribution is -0.154. The Labute approximate surface area is 215 Å². The third-order valence-corrected chi connectivity index (χ3v) is 7.41. The third-order valence-electron chi connectivity index (χ3n) is 7.41. The summed E-state index contributed by atoms with van der Waals surface area (Å²) in [5.41, 5.74) is 2.38. The van der Waals surface area contributed by atoms with Crippen LogP contribution in [0.25, 0.3) is 0 Å². The van der Waals surface area contributed by atoms with E-state index in [0.29, 0.717) is 35.2 Å². The van der Waals surface area contributed by atoms with Gasteiger partial charge < -0.3 is 33.2 Å². The van der Waals surface area contributed by atoms with E-state index in [4.69, 9.17) is 33.2 Å². The van der Waals surface area contributed by atoms with Gasteiger partial charge in [-0.25, -0.2) is 0 Å². The van der Waals surface area contributed by atoms with Crippen LogP contribution in [-0.2, 0) is 19.1 Å². The van der Waals surface area contributed by atoms with E-state index in [1.54, 1.807) is 21.3 Å². The highest BCUT2D eigenvalue weighted by atomic mass is 16.7. The van der Waals surface area contributed by atoms with E-state index < -0.39 is 17.9 Å². The number of unbranched alkanes of at least 4 members (excludes halogenated alkanes) is 2. The van der Waals surface area contributed by atoms with Gasteiger partial charge in [0.25, 0.3) is 0 Å². The van der Waals surface area contributed by atoms with Gasteiger partial charge in [0.15, 0.2) is 23.0 Å². The molecule has 37 heavy (non-hydrogen) atoms. The predicted octanol–water partition coefficient (Wildman–Crippen LogP) is 4.54. The van der Waals surface area contributed by atoms with Crippen molar-refractivity contribution in [2.45, 2.75) is 44.6 Å². The Bertz CT molecular complexity index is 1170. The first-order valence-electron chi connectivity index (χ1n) is 12.6. The molecule has 2 aliphatic heterocycles. The Kier molecular flexibility index (Phi) is 7.04. The molecule has 0 amide bonds. The largest absolute Gasteiger partial charge is 0.493 e. The molecule has 2 aromatic carbocycles. The number of rotatable bonds is 9. The van der Waals surface area contributed by atoms with Crippen molar-refractivity contribution in [2.24, 2.45) is 11.8 Å². The molecule has 198 valence electrons. The Hall–Kier alpha value is -3.62. The van der Waals surface area contributed by atoms with Gasteiger partial charge in [0.05, 0.1) is 33.9 Å². The van der Waals surface area contributed by atoms with Gasteiger partial charge in [-0.05, 0) is 41.8 Å². The van der Waals surface area contributed by atoms with Gasteiger partial charge in [-0.15, -0.1) is 0 Å². The first-order valence-corrected chi connectivity index (χ1v) is 12.6. The van der Waals surface area contributed by atoms with Gasteiger partial charge in [-0.1, -0.05) is 19.8 Å². The summed E-state index contributed by atoms with van der Waals surface area (Å²) in [6, 6.07) is 7.44. The Morgan fingerprint density at radius 3 is 2.22 bits per heavy atom. The van der Waals surface area contributed by atoms with Crippen LogP contribution in [0.4, 0.5) is 0 Å². The van der Waals surface area contributed by atoms with Crippen molar-refractivity contribution >= 4 is 11.9 Å². The van der Waals surface area contributed by atoms with E-state index in [-0.39, 0.29) is 31.3 Å². The van der Waals surface area contributed by atoms with Crippen molar-refractivity contribution in [1.29, 1.82) is 0 Å². The summed E-state index contributed by atoms with van der Waals surface area (Å²) in [6.45, 7) is 2.34. The number of ether oxygens (including phenoxy) is 7. The van der Waals surface area contributed by atoms with Gasteiger partial charge in [0.2, 0.25) is 12.5 Å². The van der Waals surface area contributed by atoms with Crippen LogP contribution in [0, 0.1) is 11.8 Å². The maximum Gasteiger partial charge on any atom is 0.310 e. The monoisotopic (exact) mass is 512 g/mol. The minimum Gasteiger partial charge on any atom is -0.493 e. The number of fused-ring (bicyclic) bond motifs is 3. The topological polar surface area (TPSA) is 98.8 Å². The normalized spacial score (nSPS) is 23.1. The molecule has 2 heterocycles. The van der Waals surface area contributed by atoms with Crippen LogP contribution in [0.15, 0.2) is 24.3 Å². The molecule has 0 radical (unpaired) electrons. The first-order chi connectivity index (χ1) is 18.0. The molecule has 1 fully saturated rings. The second-order valence-corrected chi connectivity index (χ2v) is 9.46. The van der Waals surface area contributed by atoms with E-state index in [9.17, 15) is 9.59 Å². The lowest BCUT2D eigenvalue weighted by Gasteiger charge is -2.38. The number of methoxy groups -OCH3 is 3. The van der Waals surface area contributed by atoms with Crippen LogP contribution in [0.2, 0.25) is 0 Å². The van der Waals surface area contributed by atoms with E-state index in [1.165, 1.54) is 0 Å². The Morgan fingerprint density at radius 1 is 0.919 bits per heavy atom. The predicted molar refractivity (Wildman–Crippen MR) is 131 cm³/mol. The zero-order valence-corrected chi connectivity index (χ0v) is 21.5. The lowest BCUT2D eigenvalue weighted by Crippen LogP contribution is -2.36. The molecule has 0 spiro atoms. The van der Waals surface area contributed by atoms with Crippen LogP contribution < -0.4 is 23.7 Å². The first kappa shape index (κ1) is 25.0. The molecular weight excluding hydrogens is 480 g/mol. The molecule has 3 aliphatic rings. The minimum absolute atomic E-state index is 0.101. The molecule has 2 aromatic rings. The number of benzene rings is 2. The number of hydrogen-bond donors (Lipinski definition) is 0. The molecule has 0 saturated carbocycles. The van der Waals surface area contributed by atoms with Crippen molar-refractivity contribution in [1.82, 2.24) is 0 Å². The van der Waals surface area contributed by atoms with Gasteiger partial charge >= 0.3 is 11.9 Å². The summed E-state index contributed by atoms with van der Waals surface area (Å²) >= 11 is 0. The molecule has 1 aliphatic carbocycles. The van der Waals surface area contributed by atoms with Crippen molar-refractivity contribution in [3.05, 3.63) is 41.0 Å². The number of esters is 2. The third kappa shape index (κ3) is 4.40. The zero-order valence-electron chi connectivity index (χ0n) is 21.5. The zero-order chi connectivity index (χ0) is 26.1. The summed E-state index contributed by atoms with van der Waals surface area (Å²) in [7, 11) is 4.64. The average molecular weight is 513 g/mol. The fraction of sp³-hybridized carbons (Fsp3) is 0.500. The molecule has 0 bridgehead atoms. The summed E-state index contributed by atoms with van der Waals surface area (Å²) in [5.74, 6) is 0.590. The summed E-state index contributed by atoms with van der Waals surface area (Å²) in [5, 5.41) is 0. The number of cyclic esters (lactones) is 1. The minimum atomic E-state index is -0.645. The van der Waals surface area contributed by atoms with Crippen molar-refractivity contribution in [3.8, 4) is 28.7 Å². The Morgan fingerprint density at radius 2 is 1.59 bits per heavy atom. The van der Waals surface area contributed by atoms with Crippen molar-refractivity contribution in [3.63, 3.8) is 0 Å². The van der Waals surface area contributed by atoms with E-state index in [2.05, 4.69) is 6.92 Å². The molecule has 0 N–H and O–H groups in total. The van der Waals surface area contributed by atoms with Gasteiger partial charge in [-0.3, -0.25) is 9.59 Å². The van der Waals surface area contributed by atoms with Gasteiger partial charge in [0, 0.05) is 23.8 Å². The van der Waals surface area contributed by atoms with Gasteiger partial charge in [0.1, 0.15) is 6.10 Å². The van der Waals surface area contributed by atoms with Crippen molar-refractivity contribution < 1.29 is 42.7 Å². The van der Waals surface area contributed by atoms with Gasteiger partial charge in [-0.2, -0.15) is 0 Å². The summed E-state index contributed by atoms with van der Waals surface area (Å²) < 4.78 is 39.7. The lowest BCUT2D eigenvalue weighted by atomic mass is 9.66. The molecular formula is C28H32O9. The van der Waals surface area contributed by atoms with Crippen LogP contribution in [0.3, 0.4) is 0 Å². The van der Waals surface area contributed by atoms with Crippen LogP contribution >= 0.6 is 0 Å². The molecule has 0 unspecified atom stereocenters. The molecule has 9 heteroatoms. The molecule has 5 rings (SSSR count). The van der Waals surface area contributed by atoms with E-state index in [0.717, 1.165) is 36.0 Å². The number of carbonyl (C=O) groups excluding carboxylic acids is 2. The standard InChI is InChI=1S/C28H32O9/c1-5-6-7-8-23(29)37-26-17-12-20-19(35-14-36-20)11-16(17)24(25-18(26)13-34-28(25)30)15-9-21(31-2)27(33-4)22(10-15)32-3/h9-12,18,24-26H,5-8,13-14H2,1-4H3/t18-,24+,25-,26-/m0/s1. The average Bonchev–Trinajstić information content (AvgIpc) is 3.53. The maximum atomic E-state index is 13.2. The second-order valence-electron chi connectivity index (χ2n) is 9.46. The highest BCUT2D eigenvalue weighted by molar-refractivity contribution is 5.79. The SMILES string of the molecule is CCCCCC(=O)O[C@H]1c2cc3c(cc2[C@@H](c2cc(OC)c(OC)c(OC)c2)[C@H]2C(=O)OC[C@@H]21)OCO3. The maximum absolute atomic E-state index is 13.2. The highest BCUT2D eigenvalue weighted by Crippen LogP contribution is 2.56. The molecule has 4 atom stereocenters. The second kappa shape index (κ2) is 10.4. The summed E-state index contributed by atoms with van der Waals surface area (Å²) in [6.07, 6.45) is 2.40. The number of hydrogen-bond acceptors (Lipinski definition) is 9.